The molecule has 8 heteroatoms. The maximum absolute atomic E-state index is 14.3. The highest BCUT2D eigenvalue weighted by Crippen LogP contribution is 2.43. The van der Waals surface area contributed by atoms with Gasteiger partial charge >= 0.3 is 6.03 Å². The summed E-state index contributed by atoms with van der Waals surface area (Å²) in [6.07, 6.45) is 1.63. The first kappa shape index (κ1) is 29.2. The summed E-state index contributed by atoms with van der Waals surface area (Å²) in [5.41, 5.74) is 2.18. The summed E-state index contributed by atoms with van der Waals surface area (Å²) >= 11 is 0. The summed E-state index contributed by atoms with van der Waals surface area (Å²) in [6.45, 7) is 7.79. The third kappa shape index (κ3) is 5.83. The molecule has 1 spiro atoms. The number of urea groups is 1. The molecule has 0 N–H and O–H groups in total. The van der Waals surface area contributed by atoms with Gasteiger partial charge < -0.3 is 9.47 Å². The number of rotatable bonds is 9. The Morgan fingerprint density at radius 1 is 1.00 bits per heavy atom. The van der Waals surface area contributed by atoms with Crippen molar-refractivity contribution >= 4 is 17.6 Å². The Bertz CT molecular complexity index is 1480. The smallest absolute Gasteiger partial charge is 0.332 e. The zero-order valence-electron chi connectivity index (χ0n) is 24.7. The van der Waals surface area contributed by atoms with Crippen LogP contribution in [-0.4, -0.2) is 59.6 Å². The number of piperidine rings is 1. The number of ether oxygens (including phenoxy) is 2. The topological polar surface area (TPSA) is 86.1 Å². The van der Waals surface area contributed by atoms with E-state index in [1.165, 1.54) is 4.90 Å². The molecule has 0 saturated carbocycles. The third-order valence-electron chi connectivity index (χ3n) is 8.23. The van der Waals surface area contributed by atoms with Crippen LogP contribution in [0.1, 0.15) is 50.3 Å². The van der Waals surface area contributed by atoms with Crippen LogP contribution in [0.15, 0.2) is 72.8 Å². The summed E-state index contributed by atoms with van der Waals surface area (Å²) in [4.78, 5) is 33.7. The van der Waals surface area contributed by atoms with Gasteiger partial charge in [0.25, 0.3) is 5.91 Å². The highest BCUT2D eigenvalue weighted by Gasteiger charge is 2.59. The molecule has 0 aliphatic carbocycles. The number of imide groups is 1. The molecule has 2 aliphatic heterocycles. The van der Waals surface area contributed by atoms with Crippen molar-refractivity contribution in [2.75, 3.05) is 25.1 Å². The lowest BCUT2D eigenvalue weighted by Crippen LogP contribution is -2.59. The van der Waals surface area contributed by atoms with Gasteiger partial charge in [-0.1, -0.05) is 30.3 Å². The van der Waals surface area contributed by atoms with E-state index in [2.05, 4.69) is 30.0 Å². The fourth-order valence-corrected chi connectivity index (χ4v) is 6.16. The number of anilines is 1. The molecule has 2 fully saturated rings. The summed E-state index contributed by atoms with van der Waals surface area (Å²) < 4.78 is 11.1. The molecule has 1 unspecified atom stereocenters. The minimum absolute atomic E-state index is 0.0355. The number of likely N-dealkylation sites (tertiary alicyclic amines) is 1. The molecule has 3 aromatic carbocycles. The van der Waals surface area contributed by atoms with Gasteiger partial charge in [-0.05, 0) is 93.6 Å². The fraction of sp³-hybridized carbons (Fsp3) is 0.382. The van der Waals surface area contributed by atoms with Gasteiger partial charge in [-0.2, -0.15) is 5.26 Å². The van der Waals surface area contributed by atoms with Crippen molar-refractivity contribution in [3.63, 3.8) is 0 Å². The van der Waals surface area contributed by atoms with Crippen LogP contribution >= 0.6 is 0 Å². The third-order valence-corrected chi connectivity index (χ3v) is 8.23. The molecule has 2 aliphatic rings. The lowest BCUT2D eigenvalue weighted by molar-refractivity contribution is -0.133. The molecule has 8 nitrogen and oxygen atoms in total. The van der Waals surface area contributed by atoms with Crippen molar-refractivity contribution in [3.8, 4) is 17.6 Å². The highest BCUT2D eigenvalue weighted by atomic mass is 16.5. The zero-order chi connectivity index (χ0) is 29.9. The van der Waals surface area contributed by atoms with Crippen molar-refractivity contribution in [1.29, 1.82) is 5.26 Å². The maximum Gasteiger partial charge on any atom is 0.332 e. The minimum Gasteiger partial charge on any atom is -0.497 e. The Morgan fingerprint density at radius 2 is 1.76 bits per heavy atom. The lowest BCUT2D eigenvalue weighted by Gasteiger charge is -2.45. The van der Waals surface area contributed by atoms with Crippen LogP contribution in [0.25, 0.3) is 0 Å². The Kier molecular flexibility index (Phi) is 8.51. The first-order chi connectivity index (χ1) is 20.2. The number of nitrogens with zero attached hydrogens (tertiary/aromatic N) is 4. The van der Waals surface area contributed by atoms with Gasteiger partial charge in [-0.15, -0.1) is 0 Å². The second-order valence-electron chi connectivity index (χ2n) is 11.5. The average molecular weight is 567 g/mol. The van der Waals surface area contributed by atoms with E-state index in [0.717, 1.165) is 29.2 Å². The molecule has 3 aromatic rings. The number of hydrogen-bond acceptors (Lipinski definition) is 6. The molecule has 3 amide bonds. The van der Waals surface area contributed by atoms with Crippen molar-refractivity contribution in [1.82, 2.24) is 9.80 Å². The summed E-state index contributed by atoms with van der Waals surface area (Å²) in [5.74, 6) is 1.44. The number of nitriles is 1. The standard InChI is InChI=1S/C34H38N4O4/c1-24(2)42-31-10-6-8-28(20-31)23-36-18-16-34(21-25(36)3)32(39)37(17-15-26-11-13-30(41-4)14-12-26)33(40)38(34)29-9-5-7-27(19-29)22-35/h5-14,19-20,24-25H,15-18,21,23H2,1-4H3/t25-,34?/m0/s1. The molecule has 218 valence electrons. The monoisotopic (exact) mass is 566 g/mol. The Morgan fingerprint density at radius 3 is 2.45 bits per heavy atom. The van der Waals surface area contributed by atoms with Gasteiger partial charge in [0.05, 0.1) is 24.8 Å². The van der Waals surface area contributed by atoms with E-state index in [0.29, 0.717) is 37.1 Å². The number of carbonyl (C=O) groups excluding carboxylic acids is 2. The maximum atomic E-state index is 14.3. The highest BCUT2D eigenvalue weighted by molar-refractivity contribution is 6.17. The quantitative estimate of drug-likeness (QED) is 0.305. The number of hydrogen-bond donors (Lipinski definition) is 0. The second-order valence-corrected chi connectivity index (χ2v) is 11.5. The lowest BCUT2D eigenvalue weighted by atomic mass is 9.81. The van der Waals surface area contributed by atoms with Gasteiger partial charge in [-0.3, -0.25) is 19.5 Å². The van der Waals surface area contributed by atoms with Crippen LogP contribution in [0.5, 0.6) is 11.5 Å². The van der Waals surface area contributed by atoms with Crippen molar-refractivity contribution < 1.29 is 19.1 Å². The van der Waals surface area contributed by atoms with Crippen LogP contribution in [0.3, 0.4) is 0 Å². The van der Waals surface area contributed by atoms with Crippen molar-refractivity contribution in [2.24, 2.45) is 0 Å². The fourth-order valence-electron chi connectivity index (χ4n) is 6.16. The Labute approximate surface area is 248 Å². The molecular weight excluding hydrogens is 528 g/mol. The van der Waals surface area contributed by atoms with E-state index in [1.807, 2.05) is 56.3 Å². The number of methoxy groups -OCH3 is 1. The largest absolute Gasteiger partial charge is 0.497 e. The number of benzene rings is 3. The SMILES string of the molecule is COc1ccc(CCN2C(=O)N(c3cccc(C#N)c3)C3(CCN(Cc4cccc(OC(C)C)c4)[C@@H](C)C3)C2=O)cc1. The minimum atomic E-state index is -1.01. The summed E-state index contributed by atoms with van der Waals surface area (Å²) in [6, 6.07) is 24.7. The summed E-state index contributed by atoms with van der Waals surface area (Å²) in [5, 5.41) is 9.55. The first-order valence-corrected chi connectivity index (χ1v) is 14.5. The van der Waals surface area contributed by atoms with Crippen LogP contribution in [0.2, 0.25) is 0 Å². The van der Waals surface area contributed by atoms with E-state index in [1.54, 1.807) is 30.2 Å². The Hall–Kier alpha value is -4.35. The van der Waals surface area contributed by atoms with E-state index in [-0.39, 0.29) is 30.6 Å². The molecule has 2 atom stereocenters. The molecule has 5 rings (SSSR count). The van der Waals surface area contributed by atoms with E-state index < -0.39 is 5.54 Å². The molecule has 0 aromatic heterocycles. The van der Waals surface area contributed by atoms with Gasteiger partial charge in [0, 0.05) is 31.4 Å². The van der Waals surface area contributed by atoms with Gasteiger partial charge in [0.1, 0.15) is 17.0 Å². The molecule has 0 bridgehead atoms. The molecule has 2 saturated heterocycles. The van der Waals surface area contributed by atoms with Crippen LogP contribution in [0, 0.1) is 11.3 Å². The second kappa shape index (κ2) is 12.3. The predicted molar refractivity (Wildman–Crippen MR) is 161 cm³/mol. The summed E-state index contributed by atoms with van der Waals surface area (Å²) in [7, 11) is 1.62. The number of amides is 3. The number of carbonyl (C=O) groups is 2. The average Bonchev–Trinajstić information content (AvgIpc) is 3.18. The molecule has 0 radical (unpaired) electrons. The zero-order valence-corrected chi connectivity index (χ0v) is 24.7. The predicted octanol–water partition coefficient (Wildman–Crippen LogP) is 5.79. The van der Waals surface area contributed by atoms with Crippen molar-refractivity contribution in [2.45, 2.75) is 64.3 Å². The van der Waals surface area contributed by atoms with E-state index in [4.69, 9.17) is 9.47 Å². The normalized spacial score (nSPS) is 20.8. The van der Waals surface area contributed by atoms with E-state index in [9.17, 15) is 14.9 Å². The molecular formula is C34H38N4O4. The Balaban J connectivity index is 1.40. The molecule has 42 heavy (non-hydrogen) atoms. The first-order valence-electron chi connectivity index (χ1n) is 14.5. The van der Waals surface area contributed by atoms with Crippen LogP contribution in [0.4, 0.5) is 10.5 Å². The van der Waals surface area contributed by atoms with Crippen LogP contribution < -0.4 is 14.4 Å². The van der Waals surface area contributed by atoms with Gasteiger partial charge in [-0.25, -0.2) is 4.79 Å². The molecule has 2 heterocycles. The van der Waals surface area contributed by atoms with Gasteiger partial charge in [0.2, 0.25) is 0 Å². The van der Waals surface area contributed by atoms with Gasteiger partial charge in [0.15, 0.2) is 0 Å². The van der Waals surface area contributed by atoms with Crippen LogP contribution in [-0.2, 0) is 17.8 Å². The van der Waals surface area contributed by atoms with E-state index >= 15 is 0 Å². The van der Waals surface area contributed by atoms with Crippen molar-refractivity contribution in [3.05, 3.63) is 89.5 Å².